The van der Waals surface area contributed by atoms with Crippen molar-refractivity contribution < 1.29 is 27.9 Å². The van der Waals surface area contributed by atoms with Gasteiger partial charge in [-0.15, -0.1) is 0 Å². The Hall–Kier alpha value is -1.80. The molecular formula is C12H14ClNO6S. The van der Waals surface area contributed by atoms with Crippen molar-refractivity contribution in [3.8, 4) is 5.75 Å². The molecule has 1 aromatic rings. The number of carboxylic acids is 1. The summed E-state index contributed by atoms with van der Waals surface area (Å²) in [6.07, 6.45) is 0. The molecule has 2 N–H and O–H groups in total. The minimum atomic E-state index is -3.41. The monoisotopic (exact) mass is 335 g/mol. The highest BCUT2D eigenvalue weighted by Gasteiger charge is 2.15. The van der Waals surface area contributed by atoms with E-state index in [0.717, 1.165) is 0 Å². The first-order valence-corrected chi connectivity index (χ1v) is 8.08. The fourth-order valence-corrected chi connectivity index (χ4v) is 2.24. The van der Waals surface area contributed by atoms with Crippen LogP contribution in [0.1, 0.15) is 6.92 Å². The third-order valence-corrected chi connectivity index (χ3v) is 4.23. The van der Waals surface area contributed by atoms with Crippen LogP contribution in [-0.2, 0) is 19.4 Å². The van der Waals surface area contributed by atoms with Crippen LogP contribution in [0.4, 0.5) is 5.69 Å². The minimum Gasteiger partial charge on any atom is -0.480 e. The molecule has 9 heteroatoms. The van der Waals surface area contributed by atoms with E-state index in [1.165, 1.54) is 25.1 Å². The summed E-state index contributed by atoms with van der Waals surface area (Å²) in [4.78, 5) is 21.9. The quantitative estimate of drug-likeness (QED) is 0.774. The van der Waals surface area contributed by atoms with E-state index in [4.69, 9.17) is 21.4 Å². The lowest BCUT2D eigenvalue weighted by atomic mass is 10.3. The van der Waals surface area contributed by atoms with E-state index in [1.54, 1.807) is 0 Å². The highest BCUT2D eigenvalue weighted by Crippen LogP contribution is 2.27. The molecule has 21 heavy (non-hydrogen) atoms. The Bertz CT molecular complexity index is 643. The van der Waals surface area contributed by atoms with Gasteiger partial charge in [0.1, 0.15) is 11.5 Å². The van der Waals surface area contributed by atoms with E-state index in [-0.39, 0.29) is 16.5 Å². The van der Waals surface area contributed by atoms with Gasteiger partial charge in [-0.25, -0.2) is 13.2 Å². The first-order chi connectivity index (χ1) is 9.73. The number of ether oxygens (including phenoxy) is 1. The molecule has 0 unspecified atom stereocenters. The first-order valence-electron chi connectivity index (χ1n) is 5.88. The molecule has 0 aromatic heterocycles. The zero-order chi connectivity index (χ0) is 16.0. The van der Waals surface area contributed by atoms with Gasteiger partial charge in [-0.3, -0.25) is 4.79 Å². The zero-order valence-corrected chi connectivity index (χ0v) is 12.7. The predicted octanol–water partition coefficient (Wildman–Crippen LogP) is 1.18. The zero-order valence-electron chi connectivity index (χ0n) is 11.1. The Morgan fingerprint density at radius 3 is 2.57 bits per heavy atom. The Morgan fingerprint density at radius 1 is 1.38 bits per heavy atom. The van der Waals surface area contributed by atoms with Gasteiger partial charge >= 0.3 is 5.97 Å². The van der Waals surface area contributed by atoms with E-state index >= 15 is 0 Å². The average Bonchev–Trinajstić information content (AvgIpc) is 2.36. The molecule has 0 bridgehead atoms. The molecule has 0 fully saturated rings. The number of anilines is 1. The van der Waals surface area contributed by atoms with Gasteiger partial charge in [0.2, 0.25) is 5.91 Å². The van der Waals surface area contributed by atoms with Crippen LogP contribution >= 0.6 is 11.6 Å². The van der Waals surface area contributed by atoms with Gasteiger partial charge in [-0.05, 0) is 18.2 Å². The molecule has 0 radical (unpaired) electrons. The van der Waals surface area contributed by atoms with Gasteiger partial charge in [-0.2, -0.15) is 0 Å². The van der Waals surface area contributed by atoms with Crippen LogP contribution in [0.2, 0.25) is 5.02 Å². The van der Waals surface area contributed by atoms with Gasteiger partial charge in [0.25, 0.3) is 0 Å². The van der Waals surface area contributed by atoms with Crippen molar-refractivity contribution in [3.63, 3.8) is 0 Å². The van der Waals surface area contributed by atoms with E-state index < -0.39 is 34.1 Å². The van der Waals surface area contributed by atoms with Crippen LogP contribution in [-0.4, -0.2) is 43.5 Å². The number of hydrogen-bond acceptors (Lipinski definition) is 5. The fraction of sp³-hybridized carbons (Fsp3) is 0.333. The number of sulfone groups is 1. The second-order valence-corrected chi connectivity index (χ2v) is 6.81. The molecule has 0 spiro atoms. The van der Waals surface area contributed by atoms with Gasteiger partial charge in [0, 0.05) is 11.4 Å². The summed E-state index contributed by atoms with van der Waals surface area (Å²) in [5, 5.41) is 11.0. The van der Waals surface area contributed by atoms with Crippen LogP contribution in [0.15, 0.2) is 18.2 Å². The number of carbonyl (C=O) groups excluding carboxylic acids is 1. The summed E-state index contributed by atoms with van der Waals surface area (Å²) in [5.74, 6) is -2.40. The van der Waals surface area contributed by atoms with Crippen molar-refractivity contribution in [3.05, 3.63) is 23.2 Å². The molecule has 0 saturated heterocycles. The number of amides is 1. The number of carboxylic acid groups (broad SMARTS) is 1. The molecule has 0 aliphatic rings. The molecule has 1 rings (SSSR count). The van der Waals surface area contributed by atoms with Gasteiger partial charge in [-0.1, -0.05) is 18.5 Å². The van der Waals surface area contributed by atoms with Crippen molar-refractivity contribution in [2.75, 3.05) is 23.4 Å². The van der Waals surface area contributed by atoms with Crippen molar-refractivity contribution in [1.82, 2.24) is 0 Å². The summed E-state index contributed by atoms with van der Waals surface area (Å²) in [7, 11) is -3.41. The number of aliphatic carboxylic acids is 1. The molecule has 0 atom stereocenters. The van der Waals surface area contributed by atoms with Gasteiger partial charge in [0.15, 0.2) is 16.4 Å². The first kappa shape index (κ1) is 17.3. The third kappa shape index (κ3) is 6.01. The average molecular weight is 336 g/mol. The summed E-state index contributed by atoms with van der Waals surface area (Å²) in [6, 6.07) is 4.16. The van der Waals surface area contributed by atoms with E-state index in [2.05, 4.69) is 5.32 Å². The summed E-state index contributed by atoms with van der Waals surface area (Å²) in [6.45, 7) is 0.911. The van der Waals surface area contributed by atoms with Crippen molar-refractivity contribution >= 4 is 39.0 Å². The maximum Gasteiger partial charge on any atom is 0.341 e. The standard InChI is InChI=1S/C12H14ClNO6S/c1-2-21(18,19)7-11(15)14-8-3-4-10(9(13)5-8)20-6-12(16)17/h3-5H,2,6-7H2,1H3,(H,14,15)(H,16,17). The molecule has 7 nitrogen and oxygen atoms in total. The van der Waals surface area contributed by atoms with Crippen LogP contribution in [0.25, 0.3) is 0 Å². The lowest BCUT2D eigenvalue weighted by Crippen LogP contribution is -2.23. The summed E-state index contributed by atoms with van der Waals surface area (Å²) >= 11 is 5.87. The second-order valence-electron chi connectivity index (χ2n) is 4.05. The Kier molecular flexibility index (Phi) is 5.98. The lowest BCUT2D eigenvalue weighted by molar-refractivity contribution is -0.139. The van der Waals surface area contributed by atoms with Crippen LogP contribution < -0.4 is 10.1 Å². The maximum absolute atomic E-state index is 11.6. The van der Waals surface area contributed by atoms with Crippen LogP contribution in [0.3, 0.4) is 0 Å². The smallest absolute Gasteiger partial charge is 0.341 e. The molecular weight excluding hydrogens is 322 g/mol. The van der Waals surface area contributed by atoms with Crippen LogP contribution in [0, 0.1) is 0 Å². The normalized spacial score (nSPS) is 11.0. The van der Waals surface area contributed by atoms with Crippen molar-refractivity contribution in [2.24, 2.45) is 0 Å². The van der Waals surface area contributed by atoms with Crippen LogP contribution in [0.5, 0.6) is 5.75 Å². The molecule has 116 valence electrons. The molecule has 0 heterocycles. The molecule has 0 saturated carbocycles. The SMILES string of the molecule is CCS(=O)(=O)CC(=O)Nc1ccc(OCC(=O)O)c(Cl)c1. The number of carbonyl (C=O) groups is 2. The summed E-state index contributed by atoms with van der Waals surface area (Å²) < 4.78 is 27.5. The van der Waals surface area contributed by atoms with E-state index in [0.29, 0.717) is 5.69 Å². The summed E-state index contributed by atoms with van der Waals surface area (Å²) in [5.41, 5.74) is 0.291. The number of halogens is 1. The van der Waals surface area contributed by atoms with Gasteiger partial charge in [0.05, 0.1) is 5.02 Å². The topological polar surface area (TPSA) is 110 Å². The van der Waals surface area contributed by atoms with E-state index in [1.807, 2.05) is 0 Å². The third-order valence-electron chi connectivity index (χ3n) is 2.36. The Balaban J connectivity index is 2.71. The lowest BCUT2D eigenvalue weighted by Gasteiger charge is -2.09. The number of benzene rings is 1. The molecule has 0 aliphatic carbocycles. The van der Waals surface area contributed by atoms with Crippen molar-refractivity contribution in [2.45, 2.75) is 6.92 Å². The van der Waals surface area contributed by atoms with Gasteiger partial charge < -0.3 is 15.2 Å². The fourth-order valence-electron chi connectivity index (χ4n) is 1.33. The highest BCUT2D eigenvalue weighted by molar-refractivity contribution is 7.92. The predicted molar refractivity (Wildman–Crippen MR) is 77.5 cm³/mol. The highest BCUT2D eigenvalue weighted by atomic mass is 35.5. The Labute approximate surface area is 126 Å². The molecule has 1 amide bonds. The second kappa shape index (κ2) is 7.28. The van der Waals surface area contributed by atoms with E-state index in [9.17, 15) is 18.0 Å². The number of hydrogen-bond donors (Lipinski definition) is 2. The molecule has 1 aromatic carbocycles. The van der Waals surface area contributed by atoms with Crippen molar-refractivity contribution in [1.29, 1.82) is 0 Å². The largest absolute Gasteiger partial charge is 0.480 e. The minimum absolute atomic E-state index is 0.104. The molecule has 0 aliphatic heterocycles. The number of rotatable bonds is 7. The maximum atomic E-state index is 11.6. The number of nitrogens with one attached hydrogen (secondary N) is 1. The Morgan fingerprint density at radius 2 is 2.05 bits per heavy atom.